The third kappa shape index (κ3) is 3.97. The Bertz CT molecular complexity index is 1050. The van der Waals surface area contributed by atoms with Crippen LogP contribution in [0.15, 0.2) is 48.7 Å². The Morgan fingerprint density at radius 1 is 1.10 bits per heavy atom. The molecule has 1 aromatic heterocycles. The number of hydrogen-bond acceptors (Lipinski definition) is 7. The number of aromatic nitrogens is 1. The van der Waals surface area contributed by atoms with Crippen molar-refractivity contribution in [3.8, 4) is 28.7 Å². The van der Waals surface area contributed by atoms with Gasteiger partial charge in [0.15, 0.2) is 11.5 Å². The van der Waals surface area contributed by atoms with Gasteiger partial charge in [-0.15, -0.1) is 0 Å². The van der Waals surface area contributed by atoms with Gasteiger partial charge in [-0.3, -0.25) is 4.98 Å². The summed E-state index contributed by atoms with van der Waals surface area (Å²) in [7, 11) is 1.56. The Kier molecular flexibility index (Phi) is 5.37. The SMILES string of the molecule is COc1ccc(C2Oc3cc(O)cc(O)c3CC2O)cc1OCc1ccc(C)cn1. The number of phenolic OH excluding ortho intramolecular Hbond substituents is 2. The first-order valence-corrected chi connectivity index (χ1v) is 9.56. The Morgan fingerprint density at radius 3 is 2.67 bits per heavy atom. The summed E-state index contributed by atoms with van der Waals surface area (Å²) in [6.45, 7) is 2.23. The standard InChI is InChI=1S/C23H23NO6/c1-13-3-5-15(24-11-13)12-29-22-7-14(4-6-20(22)28-2)23-19(27)10-17-18(26)8-16(25)9-21(17)30-23/h3-9,11,19,23,25-27H,10,12H2,1-2H3. The number of pyridine rings is 1. The van der Waals surface area contributed by atoms with Gasteiger partial charge < -0.3 is 29.5 Å². The van der Waals surface area contributed by atoms with Crippen molar-refractivity contribution in [1.29, 1.82) is 0 Å². The molecule has 0 spiro atoms. The topological polar surface area (TPSA) is 101 Å². The minimum atomic E-state index is -0.882. The molecule has 0 amide bonds. The van der Waals surface area contributed by atoms with Crippen LogP contribution in [0.25, 0.3) is 0 Å². The highest BCUT2D eigenvalue weighted by molar-refractivity contribution is 5.52. The van der Waals surface area contributed by atoms with E-state index in [1.54, 1.807) is 31.5 Å². The van der Waals surface area contributed by atoms with Crippen LogP contribution >= 0.6 is 0 Å². The Labute approximate surface area is 174 Å². The third-order valence-corrected chi connectivity index (χ3v) is 5.05. The summed E-state index contributed by atoms with van der Waals surface area (Å²) in [6, 6.07) is 11.8. The van der Waals surface area contributed by atoms with Crippen molar-refractivity contribution < 1.29 is 29.5 Å². The first kappa shape index (κ1) is 19.8. The molecule has 7 nitrogen and oxygen atoms in total. The summed E-state index contributed by atoms with van der Waals surface area (Å²) in [5.74, 6) is 1.17. The number of aromatic hydroxyl groups is 2. The van der Waals surface area contributed by atoms with Crippen LogP contribution in [0.4, 0.5) is 0 Å². The molecule has 0 bridgehead atoms. The Hall–Kier alpha value is -3.45. The van der Waals surface area contributed by atoms with Crippen LogP contribution in [0.3, 0.4) is 0 Å². The van der Waals surface area contributed by atoms with Crippen LogP contribution in [0.5, 0.6) is 28.7 Å². The van der Waals surface area contributed by atoms with Crippen molar-refractivity contribution in [2.24, 2.45) is 0 Å². The Balaban J connectivity index is 1.59. The molecule has 0 saturated heterocycles. The van der Waals surface area contributed by atoms with Crippen molar-refractivity contribution in [3.63, 3.8) is 0 Å². The summed E-state index contributed by atoms with van der Waals surface area (Å²) in [6.07, 6.45) is 0.403. The number of methoxy groups -OCH3 is 1. The van der Waals surface area contributed by atoms with E-state index in [0.717, 1.165) is 11.3 Å². The molecule has 3 aromatic rings. The molecule has 30 heavy (non-hydrogen) atoms. The zero-order chi connectivity index (χ0) is 21.3. The number of aliphatic hydroxyl groups excluding tert-OH is 1. The van der Waals surface area contributed by atoms with Crippen LogP contribution in [-0.2, 0) is 13.0 Å². The number of phenols is 2. The van der Waals surface area contributed by atoms with E-state index >= 15 is 0 Å². The number of aryl methyl sites for hydroxylation is 1. The fourth-order valence-electron chi connectivity index (χ4n) is 3.47. The molecule has 1 aliphatic heterocycles. The molecule has 2 heterocycles. The summed E-state index contributed by atoms with van der Waals surface area (Å²) in [5, 5.41) is 30.4. The number of rotatable bonds is 5. The molecular formula is C23H23NO6. The number of hydrogen-bond donors (Lipinski definition) is 3. The van der Waals surface area contributed by atoms with E-state index in [2.05, 4.69) is 4.98 Å². The smallest absolute Gasteiger partial charge is 0.162 e. The molecule has 4 rings (SSSR count). The zero-order valence-electron chi connectivity index (χ0n) is 16.7. The van der Waals surface area contributed by atoms with Crippen LogP contribution in [-0.4, -0.2) is 33.5 Å². The molecule has 0 aliphatic carbocycles. The van der Waals surface area contributed by atoms with Gasteiger partial charge in [0.25, 0.3) is 0 Å². The number of nitrogens with zero attached hydrogens (tertiary/aromatic N) is 1. The number of ether oxygens (including phenoxy) is 3. The van der Waals surface area contributed by atoms with Crippen molar-refractivity contribution in [2.75, 3.05) is 7.11 Å². The van der Waals surface area contributed by atoms with Crippen molar-refractivity contribution in [2.45, 2.75) is 32.2 Å². The fraction of sp³-hybridized carbons (Fsp3) is 0.261. The highest BCUT2D eigenvalue weighted by Gasteiger charge is 2.32. The monoisotopic (exact) mass is 409 g/mol. The average Bonchev–Trinajstić information content (AvgIpc) is 2.73. The number of benzene rings is 2. The van der Waals surface area contributed by atoms with Crippen molar-refractivity contribution in [3.05, 3.63) is 71.0 Å². The summed E-state index contributed by atoms with van der Waals surface area (Å²) in [5.41, 5.74) is 3.00. The lowest BCUT2D eigenvalue weighted by Gasteiger charge is -2.31. The maximum atomic E-state index is 10.6. The first-order valence-electron chi connectivity index (χ1n) is 9.56. The largest absolute Gasteiger partial charge is 0.508 e. The van der Waals surface area contributed by atoms with Gasteiger partial charge in [-0.1, -0.05) is 12.1 Å². The lowest BCUT2D eigenvalue weighted by molar-refractivity contribution is 0.0196. The van der Waals surface area contributed by atoms with E-state index in [-0.39, 0.29) is 24.5 Å². The highest BCUT2D eigenvalue weighted by Crippen LogP contribution is 2.43. The molecule has 156 valence electrons. The quantitative estimate of drug-likeness (QED) is 0.593. The summed E-state index contributed by atoms with van der Waals surface area (Å²) >= 11 is 0. The molecule has 2 atom stereocenters. The van der Waals surface area contributed by atoms with Crippen LogP contribution in [0, 0.1) is 6.92 Å². The van der Waals surface area contributed by atoms with Gasteiger partial charge in [0.05, 0.1) is 18.9 Å². The average molecular weight is 409 g/mol. The molecule has 0 fully saturated rings. The van der Waals surface area contributed by atoms with E-state index < -0.39 is 12.2 Å². The molecule has 0 saturated carbocycles. The molecular weight excluding hydrogens is 386 g/mol. The van der Waals surface area contributed by atoms with E-state index in [1.165, 1.54) is 12.1 Å². The fourth-order valence-corrected chi connectivity index (χ4v) is 3.47. The van der Waals surface area contributed by atoms with Crippen LogP contribution in [0.1, 0.15) is 28.5 Å². The van der Waals surface area contributed by atoms with Gasteiger partial charge in [0.1, 0.15) is 30.0 Å². The molecule has 0 radical (unpaired) electrons. The normalized spacial score (nSPS) is 17.7. The van der Waals surface area contributed by atoms with Gasteiger partial charge in [0.2, 0.25) is 0 Å². The second kappa shape index (κ2) is 8.12. The van der Waals surface area contributed by atoms with E-state index in [0.29, 0.717) is 28.4 Å². The van der Waals surface area contributed by atoms with E-state index in [1.807, 2.05) is 19.1 Å². The second-order valence-electron chi connectivity index (χ2n) is 7.28. The molecule has 1 aliphatic rings. The van der Waals surface area contributed by atoms with Gasteiger partial charge in [-0.25, -0.2) is 0 Å². The lowest BCUT2D eigenvalue weighted by atomic mass is 9.94. The molecule has 3 N–H and O–H groups in total. The van der Waals surface area contributed by atoms with E-state index in [9.17, 15) is 15.3 Å². The maximum absolute atomic E-state index is 10.6. The van der Waals surface area contributed by atoms with Crippen molar-refractivity contribution >= 4 is 0 Å². The number of aliphatic hydroxyl groups is 1. The van der Waals surface area contributed by atoms with Crippen LogP contribution in [0.2, 0.25) is 0 Å². The van der Waals surface area contributed by atoms with Gasteiger partial charge in [-0.2, -0.15) is 0 Å². The third-order valence-electron chi connectivity index (χ3n) is 5.05. The van der Waals surface area contributed by atoms with Crippen molar-refractivity contribution in [1.82, 2.24) is 4.98 Å². The van der Waals surface area contributed by atoms with Gasteiger partial charge >= 0.3 is 0 Å². The maximum Gasteiger partial charge on any atom is 0.162 e. The lowest BCUT2D eigenvalue weighted by Crippen LogP contribution is -2.30. The minimum absolute atomic E-state index is 0.105. The molecule has 2 aromatic carbocycles. The first-order chi connectivity index (χ1) is 14.4. The Morgan fingerprint density at radius 2 is 1.93 bits per heavy atom. The zero-order valence-corrected chi connectivity index (χ0v) is 16.7. The predicted molar refractivity (Wildman–Crippen MR) is 109 cm³/mol. The molecule has 7 heteroatoms. The van der Waals surface area contributed by atoms with Gasteiger partial charge in [-0.05, 0) is 36.2 Å². The van der Waals surface area contributed by atoms with Gasteiger partial charge in [0, 0.05) is 30.3 Å². The number of fused-ring (bicyclic) bond motifs is 1. The predicted octanol–water partition coefficient (Wildman–Crippen LogP) is 3.43. The highest BCUT2D eigenvalue weighted by atomic mass is 16.5. The summed E-state index contributed by atoms with van der Waals surface area (Å²) < 4.78 is 17.2. The van der Waals surface area contributed by atoms with E-state index in [4.69, 9.17) is 14.2 Å². The second-order valence-corrected chi connectivity index (χ2v) is 7.28. The summed E-state index contributed by atoms with van der Waals surface area (Å²) in [4.78, 5) is 4.34. The molecule has 2 unspecified atom stereocenters. The van der Waals surface area contributed by atoms with Crippen LogP contribution < -0.4 is 14.2 Å². The minimum Gasteiger partial charge on any atom is -0.508 e.